The number of nitrogens with one attached hydrogen (secondary N) is 1. The van der Waals surface area contributed by atoms with Gasteiger partial charge in [0.1, 0.15) is 17.9 Å². The van der Waals surface area contributed by atoms with Gasteiger partial charge in [-0.1, -0.05) is 6.92 Å². The molecule has 1 aromatic heterocycles. The van der Waals surface area contributed by atoms with Crippen molar-refractivity contribution in [1.29, 1.82) is 0 Å². The molecule has 1 fully saturated rings. The Bertz CT molecular complexity index is 584. The van der Waals surface area contributed by atoms with Crippen molar-refractivity contribution < 1.29 is 9.72 Å². The van der Waals surface area contributed by atoms with Crippen LogP contribution in [0.15, 0.2) is 0 Å². The zero-order chi connectivity index (χ0) is 17.0. The van der Waals surface area contributed by atoms with Gasteiger partial charge < -0.3 is 10.2 Å². The Hall–Kier alpha value is -1.96. The number of carbonyl (C=O) groups excluding carboxylic acids is 1. The highest BCUT2D eigenvalue weighted by Gasteiger charge is 2.22. The number of aromatic nitrogens is 2. The van der Waals surface area contributed by atoms with Crippen LogP contribution in [-0.2, 0) is 11.3 Å². The smallest absolute Gasteiger partial charge is 0.312 e. The first-order valence-corrected chi connectivity index (χ1v) is 8.06. The SMILES string of the molecule is Cc1nn(CC(=O)NCCN2CCC[C@@H](C)C2)c(C)c1[N+](=O)[O-]. The van der Waals surface area contributed by atoms with Crippen LogP contribution in [0.3, 0.4) is 0 Å². The summed E-state index contributed by atoms with van der Waals surface area (Å²) in [6.07, 6.45) is 2.49. The minimum absolute atomic E-state index is 0.0108. The first-order valence-electron chi connectivity index (χ1n) is 8.06. The fraction of sp³-hybridized carbons (Fsp3) is 0.733. The van der Waals surface area contributed by atoms with Crippen molar-refractivity contribution >= 4 is 11.6 Å². The van der Waals surface area contributed by atoms with Gasteiger partial charge in [0.25, 0.3) is 0 Å². The molecule has 2 heterocycles. The lowest BCUT2D eigenvalue weighted by Crippen LogP contribution is -2.40. The highest BCUT2D eigenvalue weighted by Crippen LogP contribution is 2.21. The average Bonchev–Trinajstić information content (AvgIpc) is 2.73. The standard InChI is InChI=1S/C15H25N5O3/c1-11-5-4-7-18(9-11)8-6-16-14(21)10-19-13(3)15(20(22)23)12(2)17-19/h11H,4-10H2,1-3H3,(H,16,21)/t11-/m1/s1. The maximum absolute atomic E-state index is 12.0. The number of hydrogen-bond donors (Lipinski definition) is 1. The molecule has 1 aromatic rings. The number of nitro groups is 1. The van der Waals surface area contributed by atoms with Gasteiger partial charge in [-0.25, -0.2) is 0 Å². The molecule has 0 bridgehead atoms. The summed E-state index contributed by atoms with van der Waals surface area (Å²) in [5, 5.41) is 17.9. The Kier molecular flexibility index (Phi) is 5.70. The van der Waals surface area contributed by atoms with Crippen molar-refractivity contribution in [2.24, 2.45) is 5.92 Å². The summed E-state index contributed by atoms with van der Waals surface area (Å²) < 4.78 is 1.39. The van der Waals surface area contributed by atoms with Gasteiger partial charge in [0.2, 0.25) is 5.91 Å². The van der Waals surface area contributed by atoms with Crippen molar-refractivity contribution in [3.63, 3.8) is 0 Å². The lowest BCUT2D eigenvalue weighted by Gasteiger charge is -2.30. The zero-order valence-corrected chi connectivity index (χ0v) is 14.0. The summed E-state index contributed by atoms with van der Waals surface area (Å²) in [6.45, 7) is 9.05. The molecule has 1 aliphatic rings. The lowest BCUT2D eigenvalue weighted by molar-refractivity contribution is -0.386. The molecule has 0 saturated carbocycles. The second-order valence-corrected chi connectivity index (χ2v) is 6.33. The van der Waals surface area contributed by atoms with Gasteiger partial charge in [-0.15, -0.1) is 0 Å². The molecule has 1 N–H and O–H groups in total. The van der Waals surface area contributed by atoms with Crippen LogP contribution in [0.1, 0.15) is 31.2 Å². The highest BCUT2D eigenvalue weighted by molar-refractivity contribution is 5.75. The summed E-state index contributed by atoms with van der Waals surface area (Å²) in [4.78, 5) is 24.9. The van der Waals surface area contributed by atoms with E-state index in [2.05, 4.69) is 22.2 Å². The Balaban J connectivity index is 1.81. The normalized spacial score (nSPS) is 18.8. The number of aryl methyl sites for hydroxylation is 1. The average molecular weight is 323 g/mol. The van der Waals surface area contributed by atoms with Crippen LogP contribution in [0.2, 0.25) is 0 Å². The van der Waals surface area contributed by atoms with Crippen molar-refractivity contribution in [2.45, 2.75) is 40.2 Å². The monoisotopic (exact) mass is 323 g/mol. The third-order valence-electron chi connectivity index (χ3n) is 4.31. The van der Waals surface area contributed by atoms with Gasteiger partial charge in [0.15, 0.2) is 0 Å². The molecule has 8 heteroatoms. The molecule has 128 valence electrons. The number of hydrogen-bond acceptors (Lipinski definition) is 5. The van der Waals surface area contributed by atoms with Crippen molar-refractivity contribution in [3.05, 3.63) is 21.5 Å². The molecule has 1 saturated heterocycles. The van der Waals surface area contributed by atoms with E-state index in [1.54, 1.807) is 13.8 Å². The van der Waals surface area contributed by atoms with Crippen molar-refractivity contribution in [2.75, 3.05) is 26.2 Å². The molecule has 0 aliphatic carbocycles. The molecular weight excluding hydrogens is 298 g/mol. The fourth-order valence-corrected chi connectivity index (χ4v) is 3.14. The molecule has 0 aromatic carbocycles. The van der Waals surface area contributed by atoms with Crippen LogP contribution in [0.4, 0.5) is 5.69 Å². The van der Waals surface area contributed by atoms with E-state index in [4.69, 9.17) is 0 Å². The third-order valence-corrected chi connectivity index (χ3v) is 4.31. The number of rotatable bonds is 6. The van der Waals surface area contributed by atoms with Crippen molar-refractivity contribution in [3.8, 4) is 0 Å². The van der Waals surface area contributed by atoms with E-state index in [9.17, 15) is 14.9 Å². The molecule has 2 rings (SSSR count). The minimum Gasteiger partial charge on any atom is -0.353 e. The first-order chi connectivity index (χ1) is 10.9. The maximum atomic E-state index is 12.0. The number of likely N-dealkylation sites (tertiary alicyclic amines) is 1. The molecule has 0 spiro atoms. The van der Waals surface area contributed by atoms with Crippen LogP contribution < -0.4 is 5.32 Å². The second kappa shape index (κ2) is 7.54. The number of carbonyl (C=O) groups is 1. The van der Waals surface area contributed by atoms with Gasteiger partial charge in [0.05, 0.1) is 4.92 Å². The van der Waals surface area contributed by atoms with Crippen LogP contribution in [0.5, 0.6) is 0 Å². The number of piperidine rings is 1. The van der Waals surface area contributed by atoms with E-state index in [0.29, 0.717) is 17.9 Å². The summed E-state index contributed by atoms with van der Waals surface area (Å²) in [5.41, 5.74) is 0.732. The third kappa shape index (κ3) is 4.51. The van der Waals surface area contributed by atoms with Crippen LogP contribution in [0, 0.1) is 29.9 Å². The molecule has 1 atom stereocenters. The maximum Gasteiger partial charge on any atom is 0.312 e. The van der Waals surface area contributed by atoms with Crippen LogP contribution in [0.25, 0.3) is 0 Å². The van der Waals surface area contributed by atoms with Crippen molar-refractivity contribution in [1.82, 2.24) is 20.0 Å². The number of amides is 1. The quantitative estimate of drug-likeness (QED) is 0.628. The molecule has 8 nitrogen and oxygen atoms in total. The van der Waals surface area contributed by atoms with E-state index in [-0.39, 0.29) is 18.1 Å². The molecule has 0 unspecified atom stereocenters. The Morgan fingerprint density at radius 1 is 1.48 bits per heavy atom. The fourth-order valence-electron chi connectivity index (χ4n) is 3.14. The Labute approximate surface area is 136 Å². The first kappa shape index (κ1) is 17.4. The van der Waals surface area contributed by atoms with E-state index in [1.165, 1.54) is 17.5 Å². The van der Waals surface area contributed by atoms with Gasteiger partial charge in [-0.2, -0.15) is 5.10 Å². The minimum atomic E-state index is -0.455. The van der Waals surface area contributed by atoms with E-state index in [1.807, 2.05) is 0 Å². The predicted octanol–water partition coefficient (Wildman–Crippen LogP) is 1.26. The summed E-state index contributed by atoms with van der Waals surface area (Å²) in [7, 11) is 0. The summed E-state index contributed by atoms with van der Waals surface area (Å²) in [5.74, 6) is 0.547. The lowest BCUT2D eigenvalue weighted by atomic mass is 10.0. The summed E-state index contributed by atoms with van der Waals surface area (Å²) in [6, 6.07) is 0. The molecule has 1 aliphatic heterocycles. The predicted molar refractivity (Wildman–Crippen MR) is 86.2 cm³/mol. The van der Waals surface area contributed by atoms with Gasteiger partial charge in [0, 0.05) is 19.6 Å². The van der Waals surface area contributed by atoms with Gasteiger partial charge in [-0.3, -0.25) is 19.6 Å². The zero-order valence-electron chi connectivity index (χ0n) is 14.0. The van der Waals surface area contributed by atoms with E-state index >= 15 is 0 Å². The van der Waals surface area contributed by atoms with E-state index in [0.717, 1.165) is 25.6 Å². The molecule has 1 amide bonds. The topological polar surface area (TPSA) is 93.3 Å². The second-order valence-electron chi connectivity index (χ2n) is 6.33. The molecule has 23 heavy (non-hydrogen) atoms. The largest absolute Gasteiger partial charge is 0.353 e. The Morgan fingerprint density at radius 2 is 2.22 bits per heavy atom. The highest BCUT2D eigenvalue weighted by atomic mass is 16.6. The van der Waals surface area contributed by atoms with E-state index < -0.39 is 4.92 Å². The van der Waals surface area contributed by atoms with Gasteiger partial charge in [-0.05, 0) is 39.2 Å². The molecule has 0 radical (unpaired) electrons. The Morgan fingerprint density at radius 3 is 2.83 bits per heavy atom. The van der Waals surface area contributed by atoms with Crippen LogP contribution in [-0.4, -0.2) is 51.7 Å². The van der Waals surface area contributed by atoms with Crippen LogP contribution >= 0.6 is 0 Å². The molecular formula is C15H25N5O3. The number of nitrogens with zero attached hydrogens (tertiary/aromatic N) is 4. The van der Waals surface area contributed by atoms with Gasteiger partial charge >= 0.3 is 5.69 Å². The summed E-state index contributed by atoms with van der Waals surface area (Å²) >= 11 is 0.